The van der Waals surface area contributed by atoms with E-state index in [-0.39, 0.29) is 44.3 Å². The number of amides is 1. The lowest BCUT2D eigenvalue weighted by molar-refractivity contribution is -0.149. The van der Waals surface area contributed by atoms with Gasteiger partial charge < -0.3 is 15.7 Å². The molecule has 0 radical (unpaired) electrons. The molecule has 48 heavy (non-hydrogen) atoms. The van der Waals surface area contributed by atoms with Crippen LogP contribution in [-0.4, -0.2) is 59.7 Å². The molecule has 2 aliphatic rings. The van der Waals surface area contributed by atoms with Crippen LogP contribution < -0.4 is 10.6 Å². The zero-order valence-electron chi connectivity index (χ0n) is 24.8. The van der Waals surface area contributed by atoms with Gasteiger partial charge >= 0.3 is 12.1 Å². The molecule has 1 fully saturated rings. The number of aryl methyl sites for hydroxylation is 1. The Bertz CT molecular complexity index is 2080. The molecule has 2 aliphatic heterocycles. The number of benzene rings is 2. The molecule has 11 nitrogen and oxygen atoms in total. The van der Waals surface area contributed by atoms with Crippen LogP contribution in [0.5, 0.6) is 0 Å². The van der Waals surface area contributed by atoms with E-state index in [0.29, 0.717) is 36.4 Å². The summed E-state index contributed by atoms with van der Waals surface area (Å²) in [4.78, 5) is 38.2. The second kappa shape index (κ2) is 12.3. The van der Waals surface area contributed by atoms with Crippen LogP contribution in [0, 0.1) is 5.92 Å². The quantitative estimate of drug-likeness (QED) is 0.163. The van der Waals surface area contributed by atoms with Crippen molar-refractivity contribution < 1.29 is 27.9 Å². The molecule has 5 aromatic rings. The maximum absolute atomic E-state index is 13.6. The third kappa shape index (κ3) is 5.91. The molecule has 0 spiro atoms. The number of aromatic nitrogens is 5. The summed E-state index contributed by atoms with van der Waals surface area (Å²) in [7, 11) is 0. The standard InChI is InChI=1S/C32H25Cl2F3N8O3/c33-25-17(5-1-7-19(25)39-28-27-21(9-3-11-38-27)41-31(42-28)32(35,36)37)18-6-2-8-20(26(18)34)40-29(46)22-13-24-23(10-4-12-45(24)43-22)44-14-16(15-44)30(47)48/h1-3,5-9,11,13,16,23H,4,10,12,14-15H2,(H,40,46)(H,47,48)(H,39,41,42)/t23-/m1/s1. The van der Waals surface area contributed by atoms with Crippen LogP contribution in [0.3, 0.4) is 0 Å². The molecule has 0 saturated carbocycles. The predicted octanol–water partition coefficient (Wildman–Crippen LogP) is 7.06. The van der Waals surface area contributed by atoms with E-state index >= 15 is 0 Å². The molecule has 246 valence electrons. The lowest BCUT2D eigenvalue weighted by Crippen LogP contribution is -2.52. The number of carboxylic acids is 1. The van der Waals surface area contributed by atoms with Gasteiger partial charge in [0.2, 0.25) is 5.82 Å². The third-order valence-electron chi connectivity index (χ3n) is 8.43. The molecule has 3 aromatic heterocycles. The highest BCUT2D eigenvalue weighted by Gasteiger charge is 2.40. The maximum Gasteiger partial charge on any atom is 0.451 e. The summed E-state index contributed by atoms with van der Waals surface area (Å²) in [6, 6.07) is 14.5. The number of hydrogen-bond donors (Lipinski definition) is 3. The van der Waals surface area contributed by atoms with Crippen molar-refractivity contribution in [2.24, 2.45) is 5.92 Å². The Labute approximate surface area is 280 Å². The number of fused-ring (bicyclic) bond motifs is 2. The molecule has 0 aliphatic carbocycles. The topological polar surface area (TPSA) is 138 Å². The van der Waals surface area contributed by atoms with Gasteiger partial charge in [0.05, 0.1) is 44.6 Å². The summed E-state index contributed by atoms with van der Waals surface area (Å²) in [6.07, 6.45) is -1.68. The van der Waals surface area contributed by atoms with Gasteiger partial charge in [0.25, 0.3) is 5.91 Å². The molecule has 16 heteroatoms. The van der Waals surface area contributed by atoms with E-state index in [4.69, 9.17) is 23.2 Å². The van der Waals surface area contributed by atoms with E-state index in [1.807, 2.05) is 0 Å². The van der Waals surface area contributed by atoms with Crippen LogP contribution in [0.25, 0.3) is 22.2 Å². The van der Waals surface area contributed by atoms with Crippen molar-refractivity contribution in [3.05, 3.63) is 88.1 Å². The van der Waals surface area contributed by atoms with Gasteiger partial charge in [-0.05, 0) is 43.2 Å². The first-order chi connectivity index (χ1) is 23.0. The molecule has 5 heterocycles. The van der Waals surface area contributed by atoms with Gasteiger partial charge in [-0.2, -0.15) is 18.3 Å². The minimum Gasteiger partial charge on any atom is -0.481 e. The number of halogens is 5. The highest BCUT2D eigenvalue weighted by molar-refractivity contribution is 6.39. The predicted molar refractivity (Wildman–Crippen MR) is 172 cm³/mol. The van der Waals surface area contributed by atoms with E-state index in [2.05, 4.69) is 35.6 Å². The molecule has 1 atom stereocenters. The first-order valence-corrected chi connectivity index (χ1v) is 15.6. The molecule has 1 amide bonds. The average molecular weight is 698 g/mol. The van der Waals surface area contributed by atoms with Crippen molar-refractivity contribution in [2.75, 3.05) is 23.7 Å². The molecule has 2 aromatic carbocycles. The zero-order chi connectivity index (χ0) is 33.7. The molecule has 1 saturated heterocycles. The normalized spacial score (nSPS) is 16.7. The van der Waals surface area contributed by atoms with Crippen LogP contribution in [0.1, 0.15) is 40.9 Å². The first kappa shape index (κ1) is 31.8. The highest BCUT2D eigenvalue weighted by atomic mass is 35.5. The number of carbonyl (C=O) groups is 2. The van der Waals surface area contributed by atoms with Crippen molar-refractivity contribution >= 4 is 63.3 Å². The number of nitrogens with zero attached hydrogens (tertiary/aromatic N) is 6. The van der Waals surface area contributed by atoms with E-state index in [1.54, 1.807) is 47.1 Å². The summed E-state index contributed by atoms with van der Waals surface area (Å²) in [5.41, 5.74) is 2.62. The van der Waals surface area contributed by atoms with Crippen LogP contribution in [0.2, 0.25) is 10.0 Å². The van der Waals surface area contributed by atoms with Crippen molar-refractivity contribution in [1.29, 1.82) is 0 Å². The van der Waals surface area contributed by atoms with Gasteiger partial charge in [-0.1, -0.05) is 47.5 Å². The van der Waals surface area contributed by atoms with Gasteiger partial charge in [-0.3, -0.25) is 24.2 Å². The fraction of sp³-hybridized carbons (Fsp3) is 0.250. The number of nitrogens with one attached hydrogen (secondary N) is 2. The summed E-state index contributed by atoms with van der Waals surface area (Å²) < 4.78 is 42.5. The Balaban J connectivity index is 1.14. The zero-order valence-corrected chi connectivity index (χ0v) is 26.3. The number of aliphatic carboxylic acids is 1. The number of carboxylic acid groups (broad SMARTS) is 1. The van der Waals surface area contributed by atoms with E-state index < -0.39 is 29.8 Å². The number of alkyl halides is 3. The van der Waals surface area contributed by atoms with Crippen LogP contribution >= 0.6 is 23.2 Å². The fourth-order valence-electron chi connectivity index (χ4n) is 6.03. The molecular formula is C32H25Cl2F3N8O3. The summed E-state index contributed by atoms with van der Waals surface area (Å²) in [5.74, 6) is -3.19. The highest BCUT2D eigenvalue weighted by Crippen LogP contribution is 2.42. The first-order valence-electron chi connectivity index (χ1n) is 14.9. The summed E-state index contributed by atoms with van der Waals surface area (Å²) in [5, 5.41) is 19.8. The number of hydrogen-bond acceptors (Lipinski definition) is 8. The molecular weight excluding hydrogens is 672 g/mol. The van der Waals surface area contributed by atoms with Crippen LogP contribution in [-0.2, 0) is 17.5 Å². The smallest absolute Gasteiger partial charge is 0.451 e. The average Bonchev–Trinajstić information content (AvgIpc) is 3.47. The number of carbonyl (C=O) groups excluding carboxylic acids is 1. The van der Waals surface area contributed by atoms with E-state index in [1.165, 1.54) is 18.3 Å². The van der Waals surface area contributed by atoms with E-state index in [0.717, 1.165) is 18.5 Å². The van der Waals surface area contributed by atoms with Crippen molar-refractivity contribution in [2.45, 2.75) is 31.6 Å². The lowest BCUT2D eigenvalue weighted by atomic mass is 9.93. The Morgan fingerprint density at radius 3 is 2.38 bits per heavy atom. The Hall–Kier alpha value is -4.79. The van der Waals surface area contributed by atoms with Gasteiger partial charge in [-0.25, -0.2) is 9.97 Å². The fourth-order valence-corrected chi connectivity index (χ4v) is 6.58. The van der Waals surface area contributed by atoms with Crippen LogP contribution in [0.4, 0.5) is 30.4 Å². The van der Waals surface area contributed by atoms with Gasteiger partial charge in [-0.15, -0.1) is 0 Å². The molecule has 0 unspecified atom stereocenters. The second-order valence-electron chi connectivity index (χ2n) is 11.5. The Morgan fingerprint density at radius 1 is 0.958 bits per heavy atom. The summed E-state index contributed by atoms with van der Waals surface area (Å²) in [6.45, 7) is 1.55. The SMILES string of the molecule is O=C(Nc1cccc(-c2cccc(Nc3nc(C(F)(F)F)nc4cccnc34)c2Cl)c1Cl)c1cc2n(n1)CCC[C@H]2N1CC(C(=O)O)C1. The number of likely N-dealkylation sites (tertiary alicyclic amines) is 1. The van der Waals surface area contributed by atoms with Gasteiger partial charge in [0.1, 0.15) is 5.52 Å². The Morgan fingerprint density at radius 2 is 1.67 bits per heavy atom. The lowest BCUT2D eigenvalue weighted by Gasteiger charge is -2.43. The summed E-state index contributed by atoms with van der Waals surface area (Å²) >= 11 is 13.6. The monoisotopic (exact) mass is 696 g/mol. The minimum absolute atomic E-state index is 0.00236. The molecule has 0 bridgehead atoms. The molecule has 3 N–H and O–H groups in total. The van der Waals surface area contributed by atoms with Crippen molar-refractivity contribution in [3.63, 3.8) is 0 Å². The Kier molecular flexibility index (Phi) is 8.17. The van der Waals surface area contributed by atoms with E-state index in [9.17, 15) is 27.9 Å². The largest absolute Gasteiger partial charge is 0.481 e. The molecule has 7 rings (SSSR count). The van der Waals surface area contributed by atoms with Gasteiger partial charge in [0.15, 0.2) is 11.5 Å². The van der Waals surface area contributed by atoms with Gasteiger partial charge in [0, 0.05) is 37.0 Å². The third-order valence-corrected chi connectivity index (χ3v) is 9.24. The number of anilines is 3. The number of pyridine rings is 1. The van der Waals surface area contributed by atoms with Crippen molar-refractivity contribution in [1.82, 2.24) is 29.6 Å². The second-order valence-corrected chi connectivity index (χ2v) is 12.3. The van der Waals surface area contributed by atoms with Crippen molar-refractivity contribution in [3.8, 4) is 11.1 Å². The number of rotatable bonds is 7. The maximum atomic E-state index is 13.6. The minimum atomic E-state index is -4.79. The van der Waals surface area contributed by atoms with Crippen LogP contribution in [0.15, 0.2) is 60.8 Å².